The molecule has 0 unspecified atom stereocenters. The Balaban J connectivity index is 3.78. The summed E-state index contributed by atoms with van der Waals surface area (Å²) in [6, 6.07) is 0. The molecule has 0 heterocycles. The Hall–Kier alpha value is -1.10. The molecule has 0 aliphatic rings. The van der Waals surface area contributed by atoms with Crippen molar-refractivity contribution in [3.63, 3.8) is 0 Å². The third-order valence-corrected chi connectivity index (χ3v) is 2.04. The number of aliphatic carboxylic acids is 1. The predicted molar refractivity (Wildman–Crippen MR) is 57.6 cm³/mol. The van der Waals surface area contributed by atoms with Crippen LogP contribution in [0.25, 0.3) is 0 Å². The Morgan fingerprint density at radius 2 is 1.93 bits per heavy atom. The van der Waals surface area contributed by atoms with Gasteiger partial charge in [-0.15, -0.1) is 0 Å². The van der Waals surface area contributed by atoms with Crippen LogP contribution in [0.1, 0.15) is 33.6 Å². The van der Waals surface area contributed by atoms with Crippen molar-refractivity contribution in [3.8, 4) is 0 Å². The molecule has 15 heavy (non-hydrogen) atoms. The highest BCUT2D eigenvalue weighted by Crippen LogP contribution is 2.01. The Kier molecular flexibility index (Phi) is 5.93. The van der Waals surface area contributed by atoms with Gasteiger partial charge in [-0.2, -0.15) is 0 Å². The van der Waals surface area contributed by atoms with Crippen LogP contribution in [0.2, 0.25) is 0 Å². The maximum atomic E-state index is 11.6. The molecule has 0 saturated heterocycles. The number of rotatable bonds is 7. The summed E-state index contributed by atoms with van der Waals surface area (Å²) in [6.45, 7) is 6.64. The van der Waals surface area contributed by atoms with Crippen LogP contribution in [0.3, 0.4) is 0 Å². The summed E-state index contributed by atoms with van der Waals surface area (Å²) in [6.07, 6.45) is 0.547. The second kappa shape index (κ2) is 6.40. The lowest BCUT2D eigenvalue weighted by atomic mass is 10.0. The minimum Gasteiger partial charge on any atom is -0.481 e. The topological polar surface area (TPSA) is 78.4 Å². The smallest absolute Gasteiger partial charge is 0.303 e. The van der Waals surface area contributed by atoms with Crippen molar-refractivity contribution in [2.45, 2.75) is 39.2 Å². The van der Waals surface area contributed by atoms with Crippen LogP contribution in [0, 0.1) is 0 Å². The van der Waals surface area contributed by atoms with Crippen molar-refractivity contribution in [2.75, 3.05) is 13.1 Å². The van der Waals surface area contributed by atoms with Gasteiger partial charge in [0, 0.05) is 13.0 Å². The molecule has 0 atom stereocenters. The van der Waals surface area contributed by atoms with Gasteiger partial charge in [-0.3, -0.25) is 9.59 Å². The Bertz CT molecular complexity index is 227. The van der Waals surface area contributed by atoms with Gasteiger partial charge in [-0.05, 0) is 26.8 Å². The molecule has 0 radical (unpaired) electrons. The number of carboxylic acids is 1. The molecule has 0 fully saturated rings. The monoisotopic (exact) mass is 216 g/mol. The summed E-state index contributed by atoms with van der Waals surface area (Å²) in [4.78, 5) is 21.8. The first-order valence-electron chi connectivity index (χ1n) is 5.15. The number of carbonyl (C=O) groups excluding carboxylic acids is 1. The molecule has 5 nitrogen and oxygen atoms in total. The van der Waals surface area contributed by atoms with E-state index in [1.165, 1.54) is 0 Å². The van der Waals surface area contributed by atoms with Gasteiger partial charge in [0.2, 0.25) is 5.91 Å². The Morgan fingerprint density at radius 1 is 1.33 bits per heavy atom. The van der Waals surface area contributed by atoms with Gasteiger partial charge in [0.05, 0.1) is 5.54 Å². The van der Waals surface area contributed by atoms with Crippen LogP contribution in [0.15, 0.2) is 0 Å². The van der Waals surface area contributed by atoms with E-state index in [1.807, 2.05) is 6.92 Å². The molecule has 0 aromatic heterocycles. The normalized spacial score (nSPS) is 11.1. The minimum absolute atomic E-state index is 0.0852. The Labute approximate surface area is 90.2 Å². The van der Waals surface area contributed by atoms with Crippen molar-refractivity contribution in [1.82, 2.24) is 10.6 Å². The number of hydrogen-bond acceptors (Lipinski definition) is 3. The average molecular weight is 216 g/mol. The standard InChI is InChI=1S/C10H20N2O3/c1-4-12-10(2,3)9(15)11-7-5-6-8(13)14/h12H,4-7H2,1-3H3,(H,11,15)(H,13,14). The predicted octanol–water partition coefficient (Wildman–Crippen LogP) is 0.355. The van der Waals surface area contributed by atoms with E-state index in [1.54, 1.807) is 13.8 Å². The van der Waals surface area contributed by atoms with Crippen LogP contribution in [0.5, 0.6) is 0 Å². The molecule has 5 heteroatoms. The number of nitrogens with one attached hydrogen (secondary N) is 2. The number of carboxylic acid groups (broad SMARTS) is 1. The maximum absolute atomic E-state index is 11.6. The van der Waals surface area contributed by atoms with Crippen molar-refractivity contribution >= 4 is 11.9 Å². The summed E-state index contributed by atoms with van der Waals surface area (Å²) >= 11 is 0. The summed E-state index contributed by atoms with van der Waals surface area (Å²) in [5, 5.41) is 14.1. The second-order valence-corrected chi connectivity index (χ2v) is 3.91. The molecule has 3 N–H and O–H groups in total. The van der Waals surface area contributed by atoms with Crippen molar-refractivity contribution in [3.05, 3.63) is 0 Å². The average Bonchev–Trinajstić information content (AvgIpc) is 2.11. The summed E-state index contributed by atoms with van der Waals surface area (Å²) in [7, 11) is 0. The van der Waals surface area contributed by atoms with Gasteiger partial charge in [-0.1, -0.05) is 6.92 Å². The first-order valence-corrected chi connectivity index (χ1v) is 5.15. The number of hydrogen-bond donors (Lipinski definition) is 3. The van der Waals surface area contributed by atoms with E-state index in [0.29, 0.717) is 13.0 Å². The van der Waals surface area contributed by atoms with E-state index in [0.717, 1.165) is 6.54 Å². The van der Waals surface area contributed by atoms with E-state index >= 15 is 0 Å². The highest BCUT2D eigenvalue weighted by atomic mass is 16.4. The van der Waals surface area contributed by atoms with E-state index < -0.39 is 11.5 Å². The molecule has 0 aliphatic carbocycles. The second-order valence-electron chi connectivity index (χ2n) is 3.91. The Morgan fingerprint density at radius 3 is 2.40 bits per heavy atom. The lowest BCUT2D eigenvalue weighted by Crippen LogP contribution is -2.52. The minimum atomic E-state index is -0.838. The zero-order chi connectivity index (χ0) is 11.9. The van der Waals surface area contributed by atoms with Crippen LogP contribution >= 0.6 is 0 Å². The van der Waals surface area contributed by atoms with Crippen molar-refractivity contribution in [2.24, 2.45) is 0 Å². The SMILES string of the molecule is CCNC(C)(C)C(=O)NCCCC(=O)O. The molecule has 0 rings (SSSR count). The maximum Gasteiger partial charge on any atom is 0.303 e. The van der Waals surface area contributed by atoms with Gasteiger partial charge in [-0.25, -0.2) is 0 Å². The van der Waals surface area contributed by atoms with Gasteiger partial charge < -0.3 is 15.7 Å². The molecule has 0 aliphatic heterocycles. The fraction of sp³-hybridized carbons (Fsp3) is 0.800. The number of amides is 1. The molecule has 0 aromatic carbocycles. The first-order chi connectivity index (χ1) is 6.90. The van der Waals surface area contributed by atoms with E-state index in [-0.39, 0.29) is 12.3 Å². The highest BCUT2D eigenvalue weighted by molar-refractivity contribution is 5.85. The molecule has 0 saturated carbocycles. The third kappa shape index (κ3) is 6.06. The third-order valence-electron chi connectivity index (χ3n) is 2.04. The van der Waals surface area contributed by atoms with Crippen molar-refractivity contribution in [1.29, 1.82) is 0 Å². The fourth-order valence-corrected chi connectivity index (χ4v) is 1.18. The highest BCUT2D eigenvalue weighted by Gasteiger charge is 2.25. The molecule has 88 valence electrons. The zero-order valence-corrected chi connectivity index (χ0v) is 9.59. The lowest BCUT2D eigenvalue weighted by molar-refractivity contribution is -0.137. The largest absolute Gasteiger partial charge is 0.481 e. The quantitative estimate of drug-likeness (QED) is 0.537. The van der Waals surface area contributed by atoms with Gasteiger partial charge in [0.25, 0.3) is 0 Å². The molecular weight excluding hydrogens is 196 g/mol. The summed E-state index contributed by atoms with van der Waals surface area (Å²) < 4.78 is 0. The van der Waals surface area contributed by atoms with Crippen LogP contribution in [0.4, 0.5) is 0 Å². The van der Waals surface area contributed by atoms with Crippen molar-refractivity contribution < 1.29 is 14.7 Å². The van der Waals surface area contributed by atoms with Crippen LogP contribution < -0.4 is 10.6 Å². The molecular formula is C10H20N2O3. The zero-order valence-electron chi connectivity index (χ0n) is 9.59. The lowest BCUT2D eigenvalue weighted by Gasteiger charge is -2.24. The van der Waals surface area contributed by atoms with Crippen LogP contribution in [-0.2, 0) is 9.59 Å². The molecule has 0 spiro atoms. The van der Waals surface area contributed by atoms with Gasteiger partial charge in [0.1, 0.15) is 0 Å². The molecule has 0 bridgehead atoms. The first kappa shape index (κ1) is 13.9. The molecule has 0 aromatic rings. The number of likely N-dealkylation sites (N-methyl/N-ethyl adjacent to an activating group) is 1. The number of carbonyl (C=O) groups is 2. The van der Waals surface area contributed by atoms with Gasteiger partial charge >= 0.3 is 5.97 Å². The van der Waals surface area contributed by atoms with E-state index in [9.17, 15) is 9.59 Å². The molecule has 1 amide bonds. The van der Waals surface area contributed by atoms with E-state index in [2.05, 4.69) is 10.6 Å². The van der Waals surface area contributed by atoms with E-state index in [4.69, 9.17) is 5.11 Å². The van der Waals surface area contributed by atoms with Gasteiger partial charge in [0.15, 0.2) is 0 Å². The fourth-order valence-electron chi connectivity index (χ4n) is 1.18. The van der Waals surface area contributed by atoms with Crippen LogP contribution in [-0.4, -0.2) is 35.6 Å². The summed E-state index contributed by atoms with van der Waals surface area (Å²) in [5.74, 6) is -0.940. The summed E-state index contributed by atoms with van der Waals surface area (Å²) in [5.41, 5.74) is -0.599.